The predicted octanol–water partition coefficient (Wildman–Crippen LogP) is 2.11. The molecule has 21 heavy (non-hydrogen) atoms. The second kappa shape index (κ2) is 5.78. The van der Waals surface area contributed by atoms with E-state index in [1.54, 1.807) is 0 Å². The summed E-state index contributed by atoms with van der Waals surface area (Å²) in [5, 5.41) is 24.8. The Kier molecular flexibility index (Phi) is 4.06. The molecule has 0 atom stereocenters. The first-order chi connectivity index (χ1) is 9.93. The lowest BCUT2D eigenvalue weighted by Gasteiger charge is -2.25. The van der Waals surface area contributed by atoms with Crippen LogP contribution in [-0.4, -0.2) is 27.6 Å². The van der Waals surface area contributed by atoms with Crippen LogP contribution in [0, 0.1) is 10.1 Å². The van der Waals surface area contributed by atoms with Crippen molar-refractivity contribution in [2.24, 2.45) is 0 Å². The zero-order valence-electron chi connectivity index (χ0n) is 11.2. The van der Waals surface area contributed by atoms with Crippen LogP contribution in [0.4, 0.5) is 16.2 Å². The molecule has 112 valence electrons. The van der Waals surface area contributed by atoms with Gasteiger partial charge in [-0.05, 0) is 25.0 Å². The van der Waals surface area contributed by atoms with Gasteiger partial charge >= 0.3 is 12.0 Å². The van der Waals surface area contributed by atoms with Crippen molar-refractivity contribution in [2.45, 2.75) is 31.2 Å². The number of nitro groups is 1. The highest BCUT2D eigenvalue weighted by atomic mass is 16.6. The van der Waals surface area contributed by atoms with E-state index in [2.05, 4.69) is 10.6 Å². The molecular weight excluding hydrogens is 278 g/mol. The molecule has 1 aliphatic carbocycles. The van der Waals surface area contributed by atoms with Crippen LogP contribution in [0.5, 0.6) is 0 Å². The van der Waals surface area contributed by atoms with Crippen LogP contribution in [0.1, 0.15) is 25.7 Å². The Morgan fingerprint density at radius 3 is 2.24 bits per heavy atom. The van der Waals surface area contributed by atoms with Crippen LogP contribution in [0.3, 0.4) is 0 Å². The summed E-state index contributed by atoms with van der Waals surface area (Å²) in [6.07, 6.45) is 2.31. The zero-order chi connectivity index (χ0) is 15.5. The first kappa shape index (κ1) is 14.8. The number of nitrogens with one attached hydrogen (secondary N) is 2. The maximum Gasteiger partial charge on any atom is 0.329 e. The third-order valence-electron chi connectivity index (χ3n) is 3.56. The van der Waals surface area contributed by atoms with Gasteiger partial charge in [0, 0.05) is 17.8 Å². The number of amides is 2. The summed E-state index contributed by atoms with van der Waals surface area (Å²) >= 11 is 0. The Balaban J connectivity index is 2.01. The van der Waals surface area contributed by atoms with Gasteiger partial charge in [0.15, 0.2) is 0 Å². The smallest absolute Gasteiger partial charge is 0.329 e. The zero-order valence-corrected chi connectivity index (χ0v) is 11.2. The number of rotatable bonds is 4. The van der Waals surface area contributed by atoms with Crippen LogP contribution >= 0.6 is 0 Å². The molecule has 0 aromatic heterocycles. The van der Waals surface area contributed by atoms with E-state index in [0.717, 1.165) is 12.8 Å². The molecule has 1 aliphatic rings. The van der Waals surface area contributed by atoms with Crippen molar-refractivity contribution < 1.29 is 19.6 Å². The Hall–Kier alpha value is -2.64. The first-order valence-electron chi connectivity index (χ1n) is 6.50. The number of hydrogen-bond donors (Lipinski definition) is 3. The molecule has 0 spiro atoms. The van der Waals surface area contributed by atoms with Crippen molar-refractivity contribution in [2.75, 3.05) is 5.32 Å². The van der Waals surface area contributed by atoms with E-state index in [0.29, 0.717) is 18.5 Å². The summed E-state index contributed by atoms with van der Waals surface area (Å²) in [4.78, 5) is 33.2. The molecule has 0 heterocycles. The van der Waals surface area contributed by atoms with Crippen LogP contribution in [-0.2, 0) is 4.79 Å². The molecule has 0 saturated heterocycles. The summed E-state index contributed by atoms with van der Waals surface area (Å²) in [6.45, 7) is 0. The van der Waals surface area contributed by atoms with Crippen molar-refractivity contribution >= 4 is 23.4 Å². The maximum atomic E-state index is 11.9. The van der Waals surface area contributed by atoms with Crippen molar-refractivity contribution in [1.82, 2.24) is 5.32 Å². The lowest BCUT2D eigenvalue weighted by atomic mass is 9.98. The summed E-state index contributed by atoms with van der Waals surface area (Å²) in [5.74, 6) is -1.04. The monoisotopic (exact) mass is 293 g/mol. The molecule has 8 heteroatoms. The number of urea groups is 1. The summed E-state index contributed by atoms with van der Waals surface area (Å²) in [5.41, 5.74) is -0.944. The van der Waals surface area contributed by atoms with E-state index in [1.807, 2.05) is 0 Å². The number of hydrogen-bond acceptors (Lipinski definition) is 4. The molecule has 0 radical (unpaired) electrons. The second-order valence-electron chi connectivity index (χ2n) is 4.98. The minimum atomic E-state index is -1.22. The molecule has 1 aromatic rings. The Morgan fingerprint density at radius 1 is 1.19 bits per heavy atom. The van der Waals surface area contributed by atoms with Gasteiger partial charge in [0.05, 0.1) is 4.92 Å². The number of nitrogens with zero attached hydrogens (tertiary/aromatic N) is 1. The molecule has 0 bridgehead atoms. The van der Waals surface area contributed by atoms with Gasteiger partial charge in [-0.25, -0.2) is 9.59 Å². The fourth-order valence-electron chi connectivity index (χ4n) is 2.42. The highest BCUT2D eigenvalue weighted by Crippen LogP contribution is 2.30. The molecule has 3 N–H and O–H groups in total. The number of benzene rings is 1. The number of nitro benzene ring substituents is 1. The minimum Gasteiger partial charge on any atom is -0.480 e. The van der Waals surface area contributed by atoms with E-state index in [9.17, 15) is 24.8 Å². The van der Waals surface area contributed by atoms with Gasteiger partial charge in [-0.15, -0.1) is 0 Å². The van der Waals surface area contributed by atoms with Crippen LogP contribution in [0.15, 0.2) is 24.3 Å². The average molecular weight is 293 g/mol. The molecule has 8 nitrogen and oxygen atoms in total. The number of aliphatic carboxylic acids is 1. The molecule has 0 unspecified atom stereocenters. The number of carbonyl (C=O) groups excluding carboxylic acids is 1. The van der Waals surface area contributed by atoms with Gasteiger partial charge in [-0.1, -0.05) is 12.8 Å². The normalized spacial score (nSPS) is 16.2. The van der Waals surface area contributed by atoms with Gasteiger partial charge in [0.25, 0.3) is 5.69 Å². The number of carboxylic acid groups (broad SMARTS) is 1. The fourth-order valence-corrected chi connectivity index (χ4v) is 2.42. The van der Waals surface area contributed by atoms with Gasteiger partial charge in [0.2, 0.25) is 0 Å². The Morgan fingerprint density at radius 2 is 1.76 bits per heavy atom. The molecule has 1 fully saturated rings. The summed E-state index contributed by atoms with van der Waals surface area (Å²) in [6, 6.07) is 4.67. The largest absolute Gasteiger partial charge is 0.480 e. The lowest BCUT2D eigenvalue weighted by molar-refractivity contribution is -0.384. The molecule has 1 saturated carbocycles. The quantitative estimate of drug-likeness (QED) is 0.579. The molecular formula is C13H15N3O5. The van der Waals surface area contributed by atoms with Crippen LogP contribution in [0.25, 0.3) is 0 Å². The van der Waals surface area contributed by atoms with Gasteiger partial charge in [-0.3, -0.25) is 10.1 Å². The minimum absolute atomic E-state index is 0.0845. The fraction of sp³-hybridized carbons (Fsp3) is 0.385. The van der Waals surface area contributed by atoms with Gasteiger partial charge in [-0.2, -0.15) is 0 Å². The molecule has 1 aromatic carbocycles. The van der Waals surface area contributed by atoms with Crippen molar-refractivity contribution in [3.8, 4) is 0 Å². The standard InChI is InChI=1S/C13H15N3O5/c17-11(18)13(7-1-2-8-13)15-12(19)14-9-3-5-10(6-4-9)16(20)21/h3-6H,1-2,7-8H2,(H,17,18)(H2,14,15,19). The molecule has 2 amide bonds. The van der Waals surface area contributed by atoms with E-state index in [4.69, 9.17) is 0 Å². The summed E-state index contributed by atoms with van der Waals surface area (Å²) in [7, 11) is 0. The third-order valence-corrected chi connectivity index (χ3v) is 3.56. The lowest BCUT2D eigenvalue weighted by Crippen LogP contribution is -2.53. The van der Waals surface area contributed by atoms with Gasteiger partial charge in [0.1, 0.15) is 5.54 Å². The topological polar surface area (TPSA) is 122 Å². The van der Waals surface area contributed by atoms with E-state index in [-0.39, 0.29) is 5.69 Å². The Labute approximate surface area is 120 Å². The van der Waals surface area contributed by atoms with Gasteiger partial charge < -0.3 is 15.7 Å². The summed E-state index contributed by atoms with van der Waals surface area (Å²) < 4.78 is 0. The van der Waals surface area contributed by atoms with Crippen molar-refractivity contribution in [3.05, 3.63) is 34.4 Å². The third kappa shape index (κ3) is 3.28. The van der Waals surface area contributed by atoms with E-state index >= 15 is 0 Å². The Bertz CT molecular complexity index is 564. The van der Waals surface area contributed by atoms with E-state index < -0.39 is 22.5 Å². The number of carbonyl (C=O) groups is 2. The predicted molar refractivity (Wildman–Crippen MR) is 74.1 cm³/mol. The molecule has 0 aliphatic heterocycles. The highest BCUT2D eigenvalue weighted by molar-refractivity contribution is 5.94. The van der Waals surface area contributed by atoms with E-state index in [1.165, 1.54) is 24.3 Å². The highest BCUT2D eigenvalue weighted by Gasteiger charge is 2.42. The van der Waals surface area contributed by atoms with Crippen LogP contribution < -0.4 is 10.6 Å². The number of carboxylic acids is 1. The van der Waals surface area contributed by atoms with Crippen molar-refractivity contribution in [3.63, 3.8) is 0 Å². The first-order valence-corrected chi connectivity index (χ1v) is 6.50. The number of anilines is 1. The molecule has 2 rings (SSSR count). The van der Waals surface area contributed by atoms with Crippen LogP contribution in [0.2, 0.25) is 0 Å². The second-order valence-corrected chi connectivity index (χ2v) is 4.98. The number of non-ortho nitro benzene ring substituents is 1. The average Bonchev–Trinajstić information content (AvgIpc) is 2.89. The van der Waals surface area contributed by atoms with Crippen molar-refractivity contribution in [1.29, 1.82) is 0 Å². The SMILES string of the molecule is O=C(Nc1ccc([N+](=O)[O-])cc1)NC1(C(=O)O)CCCC1. The maximum absolute atomic E-state index is 11.9.